The van der Waals surface area contributed by atoms with E-state index in [4.69, 9.17) is 9.47 Å². The summed E-state index contributed by atoms with van der Waals surface area (Å²) in [7, 11) is 2.03. The van der Waals surface area contributed by atoms with Crippen molar-refractivity contribution in [1.29, 1.82) is 0 Å². The Morgan fingerprint density at radius 3 is 2.49 bits per heavy atom. The molecule has 2 N–H and O–H groups in total. The van der Waals surface area contributed by atoms with Crippen LogP contribution in [0.5, 0.6) is 23.0 Å². The van der Waals surface area contributed by atoms with Crippen molar-refractivity contribution >= 4 is 16.8 Å². The molecule has 4 aromatic rings. The maximum Gasteiger partial charge on any atom is 0.150 e. The van der Waals surface area contributed by atoms with E-state index >= 15 is 0 Å². The number of likely N-dealkylation sites (N-methyl/N-ethyl adjacent to an activating group) is 1. The highest BCUT2D eigenvalue weighted by atomic mass is 16.5. The first-order chi connectivity index (χ1) is 17.9. The summed E-state index contributed by atoms with van der Waals surface area (Å²) in [4.78, 5) is 6.33. The van der Waals surface area contributed by atoms with Gasteiger partial charge in [-0.05, 0) is 85.1 Å². The number of fused-ring (bicyclic) bond motifs is 1. The van der Waals surface area contributed by atoms with Gasteiger partial charge >= 0.3 is 0 Å². The topological polar surface area (TPSA) is 75.1 Å². The van der Waals surface area contributed by atoms with Crippen molar-refractivity contribution in [2.75, 3.05) is 18.6 Å². The van der Waals surface area contributed by atoms with Gasteiger partial charge < -0.3 is 24.6 Å². The van der Waals surface area contributed by atoms with Crippen molar-refractivity contribution in [2.24, 2.45) is 0 Å². The number of aromatic hydroxyl groups is 2. The van der Waals surface area contributed by atoms with E-state index in [-0.39, 0.29) is 23.6 Å². The second kappa shape index (κ2) is 10.3. The number of rotatable bonds is 7. The van der Waals surface area contributed by atoms with Crippen molar-refractivity contribution in [3.63, 3.8) is 0 Å². The second-order valence-corrected chi connectivity index (χ2v) is 9.32. The molecule has 0 bridgehead atoms. The smallest absolute Gasteiger partial charge is 0.150 e. The fourth-order valence-electron chi connectivity index (χ4n) is 4.60. The maximum absolute atomic E-state index is 10.2. The minimum absolute atomic E-state index is 0.154. The number of benzene rings is 3. The Bertz CT molecular complexity index is 1420. The first-order valence-electron chi connectivity index (χ1n) is 12.3. The summed E-state index contributed by atoms with van der Waals surface area (Å²) in [5.41, 5.74) is 5.63. The predicted octanol–water partition coefficient (Wildman–Crippen LogP) is 6.46. The van der Waals surface area contributed by atoms with Crippen LogP contribution in [0.25, 0.3) is 11.1 Å². The summed E-state index contributed by atoms with van der Waals surface area (Å²) < 4.78 is 12.6. The largest absolute Gasteiger partial charge is 0.508 e. The second-order valence-electron chi connectivity index (χ2n) is 9.32. The Labute approximate surface area is 217 Å². The molecule has 1 aliphatic heterocycles. The standard InChI is InChI=1S/C31H30N2O4/c1-20(33(3)24-7-5-15-32-18-24)19-36-27-12-9-22(10-13-27)31-30(23-6-4-8-25(34)16-23)21(2)28-17-26(35)11-14-29(28)37-31/h4-18,20,31,34-35H,19H2,1-3H3/t20-,31?/m0/s1. The molecule has 0 aliphatic carbocycles. The van der Waals surface area contributed by atoms with Crippen LogP contribution < -0.4 is 14.4 Å². The molecule has 0 saturated heterocycles. The molecule has 0 saturated carbocycles. The lowest BCUT2D eigenvalue weighted by Gasteiger charge is -2.31. The molecule has 0 fully saturated rings. The highest BCUT2D eigenvalue weighted by molar-refractivity contribution is 5.95. The maximum atomic E-state index is 10.2. The summed E-state index contributed by atoms with van der Waals surface area (Å²) in [5, 5.41) is 20.2. The highest BCUT2D eigenvalue weighted by Gasteiger charge is 2.29. The van der Waals surface area contributed by atoms with Gasteiger partial charge in [0.15, 0.2) is 0 Å². The van der Waals surface area contributed by atoms with E-state index in [2.05, 4.69) is 16.8 Å². The zero-order chi connectivity index (χ0) is 25.9. The number of hydrogen-bond acceptors (Lipinski definition) is 6. The Morgan fingerprint density at radius 1 is 0.973 bits per heavy atom. The Morgan fingerprint density at radius 2 is 1.76 bits per heavy atom. The lowest BCUT2D eigenvalue weighted by atomic mass is 9.86. The fourth-order valence-corrected chi connectivity index (χ4v) is 4.60. The number of anilines is 1. The van der Waals surface area contributed by atoms with E-state index in [0.29, 0.717) is 12.4 Å². The SMILES string of the molecule is CC1=C(c2cccc(O)c2)C(c2ccc(OC[C@H](C)N(C)c3cccnc3)cc2)Oc2ccc(O)cc21. The van der Waals surface area contributed by atoms with Crippen LogP contribution >= 0.6 is 0 Å². The number of pyridine rings is 1. The first kappa shape index (κ1) is 24.3. The van der Waals surface area contributed by atoms with Crippen LogP contribution in [0, 0.1) is 0 Å². The van der Waals surface area contributed by atoms with Gasteiger partial charge in [0.25, 0.3) is 0 Å². The molecule has 188 valence electrons. The Kier molecular flexibility index (Phi) is 6.73. The minimum atomic E-state index is -0.386. The van der Waals surface area contributed by atoms with Crippen LogP contribution in [0.1, 0.15) is 36.6 Å². The van der Waals surface area contributed by atoms with Gasteiger partial charge in [-0.25, -0.2) is 0 Å². The molecule has 2 heterocycles. The number of hydrogen-bond donors (Lipinski definition) is 2. The van der Waals surface area contributed by atoms with Gasteiger partial charge in [-0.2, -0.15) is 0 Å². The van der Waals surface area contributed by atoms with Gasteiger partial charge in [0, 0.05) is 24.4 Å². The van der Waals surface area contributed by atoms with Crippen LogP contribution in [-0.4, -0.2) is 34.9 Å². The Balaban J connectivity index is 1.39. The monoisotopic (exact) mass is 494 g/mol. The zero-order valence-electron chi connectivity index (χ0n) is 21.1. The van der Waals surface area contributed by atoms with Crippen molar-refractivity contribution in [1.82, 2.24) is 4.98 Å². The molecule has 0 radical (unpaired) electrons. The van der Waals surface area contributed by atoms with E-state index in [9.17, 15) is 10.2 Å². The summed E-state index contributed by atoms with van der Waals surface area (Å²) >= 11 is 0. The Hall–Kier alpha value is -4.45. The number of ether oxygens (including phenoxy) is 2. The molecule has 6 heteroatoms. The quantitative estimate of drug-likeness (QED) is 0.307. The average molecular weight is 495 g/mol. The lowest BCUT2D eigenvalue weighted by Crippen LogP contribution is -2.34. The summed E-state index contributed by atoms with van der Waals surface area (Å²) in [6.07, 6.45) is 3.22. The number of phenols is 2. The molecule has 6 nitrogen and oxygen atoms in total. The molecule has 0 spiro atoms. The van der Waals surface area contributed by atoms with Crippen molar-refractivity contribution < 1.29 is 19.7 Å². The molecule has 1 unspecified atom stereocenters. The molecular weight excluding hydrogens is 464 g/mol. The molecule has 2 atom stereocenters. The number of allylic oxidation sites excluding steroid dienone is 1. The fraction of sp³-hybridized carbons (Fsp3) is 0.194. The molecule has 5 rings (SSSR count). The van der Waals surface area contributed by atoms with Crippen LogP contribution in [0.3, 0.4) is 0 Å². The van der Waals surface area contributed by atoms with Gasteiger partial charge in [0.1, 0.15) is 35.7 Å². The lowest BCUT2D eigenvalue weighted by molar-refractivity contribution is 0.259. The normalized spacial score (nSPS) is 15.5. The van der Waals surface area contributed by atoms with E-state index in [1.807, 2.05) is 68.7 Å². The molecule has 3 aromatic carbocycles. The molecular formula is C31H30N2O4. The summed E-state index contributed by atoms with van der Waals surface area (Å²) in [6, 6.07) is 24.3. The third kappa shape index (κ3) is 5.09. The van der Waals surface area contributed by atoms with Gasteiger partial charge in [-0.3, -0.25) is 4.98 Å². The third-order valence-corrected chi connectivity index (χ3v) is 6.82. The van der Waals surface area contributed by atoms with Crippen molar-refractivity contribution in [2.45, 2.75) is 26.0 Å². The van der Waals surface area contributed by atoms with E-state index in [1.165, 1.54) is 0 Å². The zero-order valence-corrected chi connectivity index (χ0v) is 21.1. The van der Waals surface area contributed by atoms with Crippen molar-refractivity contribution in [3.8, 4) is 23.0 Å². The van der Waals surface area contributed by atoms with Gasteiger partial charge in [-0.1, -0.05) is 24.3 Å². The van der Waals surface area contributed by atoms with E-state index in [0.717, 1.165) is 39.3 Å². The average Bonchev–Trinajstić information content (AvgIpc) is 2.92. The van der Waals surface area contributed by atoms with Gasteiger partial charge in [0.2, 0.25) is 0 Å². The van der Waals surface area contributed by atoms with Gasteiger partial charge in [0.05, 0.1) is 17.9 Å². The minimum Gasteiger partial charge on any atom is -0.508 e. The molecule has 0 amide bonds. The summed E-state index contributed by atoms with van der Waals surface area (Å²) in [5.74, 6) is 1.85. The van der Waals surface area contributed by atoms with Crippen LogP contribution in [0.4, 0.5) is 5.69 Å². The van der Waals surface area contributed by atoms with Crippen LogP contribution in [0.2, 0.25) is 0 Å². The van der Waals surface area contributed by atoms with Crippen LogP contribution in [0.15, 0.2) is 91.3 Å². The molecule has 37 heavy (non-hydrogen) atoms. The van der Waals surface area contributed by atoms with Gasteiger partial charge in [-0.15, -0.1) is 0 Å². The van der Waals surface area contributed by atoms with Crippen molar-refractivity contribution in [3.05, 3.63) is 108 Å². The molecule has 1 aliphatic rings. The summed E-state index contributed by atoms with van der Waals surface area (Å²) in [6.45, 7) is 4.65. The third-order valence-electron chi connectivity index (χ3n) is 6.82. The molecule has 1 aromatic heterocycles. The van der Waals surface area contributed by atoms with E-state index in [1.54, 1.807) is 36.5 Å². The predicted molar refractivity (Wildman–Crippen MR) is 146 cm³/mol. The highest BCUT2D eigenvalue weighted by Crippen LogP contribution is 2.47. The van der Waals surface area contributed by atoms with Crippen LogP contribution in [-0.2, 0) is 0 Å². The first-order valence-corrected chi connectivity index (χ1v) is 12.3. The van der Waals surface area contributed by atoms with E-state index < -0.39 is 0 Å². The number of phenolic OH excluding ortho intramolecular Hbond substituents is 2. The number of aromatic nitrogens is 1. The number of nitrogens with zero attached hydrogens (tertiary/aromatic N) is 2.